The molecule has 1 fully saturated rings. The van der Waals surface area contributed by atoms with Crippen molar-refractivity contribution in [2.75, 3.05) is 6.54 Å². The maximum absolute atomic E-state index is 12.4. The second kappa shape index (κ2) is 6.60. The number of aliphatic hydroxyl groups excluding tert-OH is 1. The van der Waals surface area contributed by atoms with Crippen molar-refractivity contribution in [3.8, 4) is 0 Å². The van der Waals surface area contributed by atoms with Gasteiger partial charge in [0, 0.05) is 23.8 Å². The highest BCUT2D eigenvalue weighted by Gasteiger charge is 2.46. The number of carbonyl (C=O) groups is 2. The summed E-state index contributed by atoms with van der Waals surface area (Å²) in [7, 11) is 0. The fourth-order valence-corrected chi connectivity index (χ4v) is 3.84. The van der Waals surface area contributed by atoms with E-state index in [-0.39, 0.29) is 28.9 Å². The lowest BCUT2D eigenvalue weighted by atomic mass is 9.61. The minimum atomic E-state index is -0.734. The van der Waals surface area contributed by atoms with Gasteiger partial charge in [-0.3, -0.25) is 9.59 Å². The van der Waals surface area contributed by atoms with Gasteiger partial charge in [-0.05, 0) is 42.9 Å². The van der Waals surface area contributed by atoms with Crippen LogP contribution in [0, 0.1) is 23.2 Å². The van der Waals surface area contributed by atoms with Crippen molar-refractivity contribution in [3.05, 3.63) is 23.3 Å². The molecule has 4 atom stereocenters. The number of amides is 1. The third-order valence-corrected chi connectivity index (χ3v) is 5.43. The first kappa shape index (κ1) is 17.9. The highest BCUT2D eigenvalue weighted by molar-refractivity contribution is 6.05. The minimum Gasteiger partial charge on any atom is -0.388 e. The lowest BCUT2D eigenvalue weighted by Gasteiger charge is -2.45. The topological polar surface area (TPSA) is 66.4 Å². The molecule has 128 valence electrons. The Kier molecular flexibility index (Phi) is 5.14. The summed E-state index contributed by atoms with van der Waals surface area (Å²) in [5, 5.41) is 13.8. The van der Waals surface area contributed by atoms with E-state index in [1.54, 1.807) is 13.0 Å². The maximum atomic E-state index is 12.4. The van der Waals surface area contributed by atoms with E-state index in [4.69, 9.17) is 0 Å². The number of hydrogen-bond donors (Lipinski definition) is 2. The van der Waals surface area contributed by atoms with Crippen LogP contribution in [0.1, 0.15) is 47.5 Å². The Balaban J connectivity index is 2.19. The molecule has 0 spiro atoms. The summed E-state index contributed by atoms with van der Waals surface area (Å²) in [5.74, 6) is -0.0535. The molecule has 0 radical (unpaired) electrons. The average Bonchev–Trinajstić information content (AvgIpc) is 2.48. The third kappa shape index (κ3) is 3.42. The van der Waals surface area contributed by atoms with E-state index in [9.17, 15) is 14.7 Å². The Bertz CT molecular complexity index is 561. The van der Waals surface area contributed by atoms with E-state index < -0.39 is 6.10 Å². The predicted molar refractivity (Wildman–Crippen MR) is 90.7 cm³/mol. The lowest BCUT2D eigenvalue weighted by molar-refractivity contribution is -0.128. The summed E-state index contributed by atoms with van der Waals surface area (Å²) >= 11 is 0. The van der Waals surface area contributed by atoms with Crippen LogP contribution < -0.4 is 5.32 Å². The predicted octanol–water partition coefficient (Wildman–Crippen LogP) is 2.63. The van der Waals surface area contributed by atoms with Crippen LogP contribution in [-0.2, 0) is 9.59 Å². The molecule has 0 heterocycles. The smallest absolute Gasteiger partial charge is 0.223 e. The molecule has 2 rings (SSSR count). The van der Waals surface area contributed by atoms with Crippen molar-refractivity contribution < 1.29 is 14.7 Å². The first-order chi connectivity index (χ1) is 10.7. The SMILES string of the molecule is CC1=C2C(O)C(C(C)C(=O)NCC(C)C)CCC2(C)C=CC1=O. The Morgan fingerprint density at radius 2 is 2.09 bits per heavy atom. The summed E-state index contributed by atoms with van der Waals surface area (Å²) in [4.78, 5) is 24.3. The molecule has 1 saturated carbocycles. The molecule has 0 aromatic rings. The number of nitrogens with one attached hydrogen (secondary N) is 1. The number of fused-ring (bicyclic) bond motifs is 1. The van der Waals surface area contributed by atoms with Gasteiger partial charge in [-0.25, -0.2) is 0 Å². The highest BCUT2D eigenvalue weighted by Crippen LogP contribution is 2.49. The minimum absolute atomic E-state index is 0.0118. The van der Waals surface area contributed by atoms with Gasteiger partial charge in [0.25, 0.3) is 0 Å². The second-order valence-corrected chi connectivity index (χ2v) is 7.73. The van der Waals surface area contributed by atoms with Crippen molar-refractivity contribution >= 4 is 11.7 Å². The average molecular weight is 319 g/mol. The lowest BCUT2D eigenvalue weighted by Crippen LogP contribution is -2.46. The molecule has 0 saturated heterocycles. The summed E-state index contributed by atoms with van der Waals surface area (Å²) in [6.07, 6.45) is 4.43. The van der Waals surface area contributed by atoms with Crippen molar-refractivity contribution in [2.24, 2.45) is 23.2 Å². The number of hydrogen-bond acceptors (Lipinski definition) is 3. The zero-order valence-electron chi connectivity index (χ0n) is 14.8. The highest BCUT2D eigenvalue weighted by atomic mass is 16.3. The van der Waals surface area contributed by atoms with E-state index in [2.05, 4.69) is 26.1 Å². The van der Waals surface area contributed by atoms with Crippen LogP contribution in [0.2, 0.25) is 0 Å². The number of allylic oxidation sites excluding steroid dienone is 3. The molecular weight excluding hydrogens is 290 g/mol. The summed E-state index contributed by atoms with van der Waals surface area (Å²) in [5.41, 5.74) is 1.19. The van der Waals surface area contributed by atoms with Gasteiger partial charge in [-0.2, -0.15) is 0 Å². The first-order valence-corrected chi connectivity index (χ1v) is 8.58. The molecule has 0 aromatic carbocycles. The van der Waals surface area contributed by atoms with Crippen molar-refractivity contribution in [1.82, 2.24) is 5.32 Å². The number of carbonyl (C=O) groups excluding carboxylic acids is 2. The van der Waals surface area contributed by atoms with Crippen molar-refractivity contribution in [1.29, 1.82) is 0 Å². The molecule has 2 aliphatic carbocycles. The Hall–Kier alpha value is -1.42. The Morgan fingerprint density at radius 3 is 2.70 bits per heavy atom. The standard InChI is InChI=1S/C19H29NO3/c1-11(2)10-20-18(23)12(3)14-6-8-19(5)9-7-15(21)13(4)16(19)17(14)22/h7,9,11-12,14,17,22H,6,8,10H2,1-5H3,(H,20,23). The van der Waals surface area contributed by atoms with Gasteiger partial charge in [0.05, 0.1) is 6.10 Å². The van der Waals surface area contributed by atoms with Gasteiger partial charge in [-0.15, -0.1) is 0 Å². The zero-order valence-corrected chi connectivity index (χ0v) is 14.8. The van der Waals surface area contributed by atoms with Crippen LogP contribution in [0.5, 0.6) is 0 Å². The van der Waals surface area contributed by atoms with Crippen LogP contribution >= 0.6 is 0 Å². The van der Waals surface area contributed by atoms with Gasteiger partial charge < -0.3 is 10.4 Å². The maximum Gasteiger partial charge on any atom is 0.223 e. The van der Waals surface area contributed by atoms with Gasteiger partial charge in [0.2, 0.25) is 5.91 Å². The largest absolute Gasteiger partial charge is 0.388 e. The molecule has 1 amide bonds. The Labute approximate surface area is 139 Å². The van der Waals surface area contributed by atoms with Crippen molar-refractivity contribution in [3.63, 3.8) is 0 Å². The molecule has 0 aliphatic heterocycles. The van der Waals surface area contributed by atoms with Gasteiger partial charge in [0.15, 0.2) is 5.78 Å². The molecule has 4 nitrogen and oxygen atoms in total. The number of rotatable bonds is 4. The van der Waals surface area contributed by atoms with Crippen LogP contribution in [0.4, 0.5) is 0 Å². The third-order valence-electron chi connectivity index (χ3n) is 5.43. The fraction of sp³-hybridized carbons (Fsp3) is 0.684. The van der Waals surface area contributed by atoms with E-state index >= 15 is 0 Å². The first-order valence-electron chi connectivity index (χ1n) is 8.58. The normalized spacial score (nSPS) is 32.0. The van der Waals surface area contributed by atoms with Crippen molar-refractivity contribution in [2.45, 2.75) is 53.6 Å². The van der Waals surface area contributed by atoms with E-state index in [0.717, 1.165) is 18.4 Å². The van der Waals surface area contributed by atoms with Crippen LogP contribution in [-0.4, -0.2) is 29.4 Å². The number of aliphatic hydroxyl groups is 1. The number of ketones is 1. The van der Waals surface area contributed by atoms with E-state index in [1.807, 2.05) is 13.0 Å². The molecule has 0 aromatic heterocycles. The van der Waals surface area contributed by atoms with Crippen LogP contribution in [0.25, 0.3) is 0 Å². The fourth-order valence-electron chi connectivity index (χ4n) is 3.84. The second-order valence-electron chi connectivity index (χ2n) is 7.73. The van der Waals surface area contributed by atoms with E-state index in [1.165, 1.54) is 0 Å². The molecule has 2 aliphatic rings. The molecule has 23 heavy (non-hydrogen) atoms. The summed E-state index contributed by atoms with van der Waals surface area (Å²) in [6, 6.07) is 0. The van der Waals surface area contributed by atoms with E-state index in [0.29, 0.717) is 18.0 Å². The Morgan fingerprint density at radius 1 is 1.43 bits per heavy atom. The van der Waals surface area contributed by atoms with Crippen LogP contribution in [0.3, 0.4) is 0 Å². The van der Waals surface area contributed by atoms with Gasteiger partial charge in [-0.1, -0.05) is 33.8 Å². The molecule has 2 N–H and O–H groups in total. The summed E-state index contributed by atoms with van der Waals surface area (Å²) < 4.78 is 0. The molecule has 4 heteroatoms. The zero-order chi connectivity index (χ0) is 17.4. The molecule has 4 unspecified atom stereocenters. The molecule has 0 bridgehead atoms. The quantitative estimate of drug-likeness (QED) is 0.837. The monoisotopic (exact) mass is 319 g/mol. The van der Waals surface area contributed by atoms with Crippen LogP contribution in [0.15, 0.2) is 23.3 Å². The molecular formula is C19H29NO3. The summed E-state index contributed by atoms with van der Waals surface area (Å²) in [6.45, 7) is 10.5. The van der Waals surface area contributed by atoms with Gasteiger partial charge in [0.1, 0.15) is 0 Å². The van der Waals surface area contributed by atoms with Gasteiger partial charge >= 0.3 is 0 Å².